The zero-order valence-corrected chi connectivity index (χ0v) is 18.0. The third-order valence-electron chi connectivity index (χ3n) is 5.19. The molecule has 0 saturated carbocycles. The molecule has 5 nitrogen and oxygen atoms in total. The number of imidazole rings is 1. The summed E-state index contributed by atoms with van der Waals surface area (Å²) in [5.41, 5.74) is 4.88. The second-order valence-electron chi connectivity index (χ2n) is 7.55. The van der Waals surface area contributed by atoms with Crippen LogP contribution < -0.4 is 9.47 Å². The quantitative estimate of drug-likeness (QED) is 0.297. The molecule has 3 aromatic carbocycles. The summed E-state index contributed by atoms with van der Waals surface area (Å²) in [5.74, 6) is 0.996. The van der Waals surface area contributed by atoms with E-state index in [0.29, 0.717) is 25.0 Å². The predicted molar refractivity (Wildman–Crippen MR) is 128 cm³/mol. The third kappa shape index (κ3) is 5.10. The van der Waals surface area contributed by atoms with E-state index in [0.717, 1.165) is 28.1 Å². The summed E-state index contributed by atoms with van der Waals surface area (Å²) < 4.78 is 14.0. The van der Waals surface area contributed by atoms with E-state index in [1.165, 1.54) is 0 Å². The second kappa shape index (κ2) is 9.83. The summed E-state index contributed by atoms with van der Waals surface area (Å²) >= 11 is 0. The number of rotatable bonds is 8. The fourth-order valence-electron chi connectivity index (χ4n) is 3.47. The van der Waals surface area contributed by atoms with Gasteiger partial charge in [0.2, 0.25) is 11.8 Å². The Balaban J connectivity index is 1.42. The molecule has 0 aliphatic rings. The highest BCUT2D eigenvalue weighted by Gasteiger charge is 2.13. The summed E-state index contributed by atoms with van der Waals surface area (Å²) in [7, 11) is 0. The molecule has 0 atom stereocenters. The molecule has 5 heteroatoms. The molecule has 0 saturated heterocycles. The first-order valence-corrected chi connectivity index (χ1v) is 10.8. The molecule has 2 aromatic heterocycles. The first-order valence-electron chi connectivity index (χ1n) is 10.8. The van der Waals surface area contributed by atoms with Crippen LogP contribution in [0.4, 0.5) is 0 Å². The lowest BCUT2D eigenvalue weighted by atomic mass is 10.2. The van der Waals surface area contributed by atoms with Gasteiger partial charge in [0.05, 0.1) is 5.69 Å². The van der Waals surface area contributed by atoms with Crippen molar-refractivity contribution in [3.8, 4) is 28.7 Å². The lowest BCUT2D eigenvalue weighted by Gasteiger charge is -2.13. The minimum atomic E-state index is 0.406. The molecule has 0 aliphatic carbocycles. The predicted octanol–water partition coefficient (Wildman–Crippen LogP) is 6.09. The number of hydrogen-bond donors (Lipinski definition) is 0. The average molecular weight is 434 g/mol. The number of hydrogen-bond acceptors (Lipinski definition) is 4. The summed E-state index contributed by atoms with van der Waals surface area (Å²) in [4.78, 5) is 9.24. The van der Waals surface area contributed by atoms with Gasteiger partial charge >= 0.3 is 0 Å². The van der Waals surface area contributed by atoms with Crippen molar-refractivity contribution in [1.29, 1.82) is 0 Å². The fourth-order valence-corrected chi connectivity index (χ4v) is 3.47. The molecule has 0 fully saturated rings. The van der Waals surface area contributed by atoms with E-state index in [9.17, 15) is 0 Å². The molecular formula is C28H23N3O2. The molecule has 5 rings (SSSR count). The maximum absolute atomic E-state index is 6.15. The van der Waals surface area contributed by atoms with E-state index in [4.69, 9.17) is 9.47 Å². The monoisotopic (exact) mass is 433 g/mol. The summed E-state index contributed by atoms with van der Waals surface area (Å²) in [6.45, 7) is 0.845. The largest absolute Gasteiger partial charge is 0.473 e. The van der Waals surface area contributed by atoms with Crippen molar-refractivity contribution in [2.45, 2.75) is 13.2 Å². The standard InChI is InChI=1S/C28H23N3O2/c1-4-10-22(11-5-1)19-32-27-17-16-26(28(30-27)33-20-23-12-6-2-7-13-23)31-18-25(29-21-31)24-14-8-3-9-15-24/h1-18,21H,19-20H2. The van der Waals surface area contributed by atoms with Gasteiger partial charge in [-0.15, -0.1) is 0 Å². The number of pyridine rings is 1. The van der Waals surface area contributed by atoms with E-state index in [-0.39, 0.29) is 0 Å². The number of benzene rings is 3. The molecule has 0 bridgehead atoms. The third-order valence-corrected chi connectivity index (χ3v) is 5.19. The maximum Gasteiger partial charge on any atom is 0.241 e. The molecule has 0 N–H and O–H groups in total. The highest BCUT2D eigenvalue weighted by molar-refractivity contribution is 5.59. The van der Waals surface area contributed by atoms with Crippen LogP contribution in [0.1, 0.15) is 11.1 Å². The maximum atomic E-state index is 6.15. The lowest BCUT2D eigenvalue weighted by Crippen LogP contribution is -2.04. The van der Waals surface area contributed by atoms with Gasteiger partial charge in [-0.25, -0.2) is 4.98 Å². The molecule has 0 unspecified atom stereocenters. The van der Waals surface area contributed by atoms with Crippen LogP contribution >= 0.6 is 0 Å². The molecule has 0 spiro atoms. The van der Waals surface area contributed by atoms with Gasteiger partial charge in [0.25, 0.3) is 0 Å². The van der Waals surface area contributed by atoms with E-state index in [1.54, 1.807) is 6.33 Å². The Hall–Kier alpha value is -4.38. The van der Waals surface area contributed by atoms with Gasteiger partial charge in [-0.05, 0) is 17.2 Å². The first-order chi connectivity index (χ1) is 16.3. The van der Waals surface area contributed by atoms with Crippen LogP contribution in [0.3, 0.4) is 0 Å². The number of aromatic nitrogens is 3. The van der Waals surface area contributed by atoms with E-state index in [1.807, 2.05) is 114 Å². The Morgan fingerprint density at radius 2 is 1.24 bits per heavy atom. The second-order valence-corrected chi connectivity index (χ2v) is 7.55. The van der Waals surface area contributed by atoms with Gasteiger partial charge in [0, 0.05) is 17.8 Å². The minimum absolute atomic E-state index is 0.406. The molecule has 2 heterocycles. The highest BCUT2D eigenvalue weighted by Crippen LogP contribution is 2.27. The van der Waals surface area contributed by atoms with E-state index in [2.05, 4.69) is 9.97 Å². The van der Waals surface area contributed by atoms with Gasteiger partial charge in [-0.3, -0.25) is 0 Å². The SMILES string of the molecule is c1ccc(COc2ccc(-n3cnc(-c4ccccc4)c3)c(OCc3ccccc3)n2)cc1. The van der Waals surface area contributed by atoms with Crippen molar-refractivity contribution in [1.82, 2.24) is 14.5 Å². The Morgan fingerprint density at radius 3 is 1.91 bits per heavy atom. The molecule has 0 amide bonds. The number of nitrogens with zero attached hydrogens (tertiary/aromatic N) is 3. The van der Waals surface area contributed by atoms with Crippen LogP contribution in [0.5, 0.6) is 11.8 Å². The summed E-state index contributed by atoms with van der Waals surface area (Å²) in [5, 5.41) is 0. The lowest BCUT2D eigenvalue weighted by molar-refractivity contribution is 0.267. The van der Waals surface area contributed by atoms with Crippen molar-refractivity contribution in [2.75, 3.05) is 0 Å². The molecule has 5 aromatic rings. The van der Waals surface area contributed by atoms with Gasteiger partial charge in [-0.1, -0.05) is 91.0 Å². The van der Waals surface area contributed by atoms with Gasteiger partial charge in [-0.2, -0.15) is 4.98 Å². The minimum Gasteiger partial charge on any atom is -0.473 e. The van der Waals surface area contributed by atoms with Crippen LogP contribution in [0.2, 0.25) is 0 Å². The Bertz CT molecular complexity index is 1300. The zero-order chi connectivity index (χ0) is 22.3. The highest BCUT2D eigenvalue weighted by atomic mass is 16.5. The van der Waals surface area contributed by atoms with Crippen LogP contribution in [0, 0.1) is 0 Å². The Morgan fingerprint density at radius 1 is 0.636 bits per heavy atom. The van der Waals surface area contributed by atoms with Crippen LogP contribution in [-0.2, 0) is 13.2 Å². The summed E-state index contributed by atoms with van der Waals surface area (Å²) in [6.07, 6.45) is 3.76. The Labute approximate surface area is 192 Å². The van der Waals surface area contributed by atoms with Gasteiger partial charge in [0.1, 0.15) is 25.2 Å². The van der Waals surface area contributed by atoms with E-state index < -0.39 is 0 Å². The van der Waals surface area contributed by atoms with Gasteiger partial charge in [0.15, 0.2) is 0 Å². The van der Waals surface area contributed by atoms with Crippen molar-refractivity contribution in [2.24, 2.45) is 0 Å². The molecule has 33 heavy (non-hydrogen) atoms. The van der Waals surface area contributed by atoms with Crippen molar-refractivity contribution < 1.29 is 9.47 Å². The molecule has 162 valence electrons. The van der Waals surface area contributed by atoms with Crippen LogP contribution in [0.25, 0.3) is 16.9 Å². The van der Waals surface area contributed by atoms with E-state index >= 15 is 0 Å². The topological polar surface area (TPSA) is 49.2 Å². The van der Waals surface area contributed by atoms with Crippen molar-refractivity contribution >= 4 is 0 Å². The zero-order valence-electron chi connectivity index (χ0n) is 18.0. The van der Waals surface area contributed by atoms with Crippen molar-refractivity contribution in [3.05, 3.63) is 127 Å². The molecule has 0 radical (unpaired) electrons. The molecular weight excluding hydrogens is 410 g/mol. The molecule has 0 aliphatic heterocycles. The normalized spacial score (nSPS) is 10.7. The first kappa shape index (κ1) is 20.5. The average Bonchev–Trinajstić information content (AvgIpc) is 3.38. The number of ether oxygens (including phenoxy) is 2. The smallest absolute Gasteiger partial charge is 0.241 e. The van der Waals surface area contributed by atoms with Crippen LogP contribution in [-0.4, -0.2) is 14.5 Å². The Kier molecular flexibility index (Phi) is 6.11. The van der Waals surface area contributed by atoms with Crippen LogP contribution in [0.15, 0.2) is 116 Å². The van der Waals surface area contributed by atoms with Crippen molar-refractivity contribution in [3.63, 3.8) is 0 Å². The van der Waals surface area contributed by atoms with Gasteiger partial charge < -0.3 is 14.0 Å². The fraction of sp³-hybridized carbons (Fsp3) is 0.0714. The summed E-state index contributed by atoms with van der Waals surface area (Å²) in [6, 6.07) is 33.9.